The number of amides is 1. The fraction of sp³-hybridized carbons (Fsp3) is 0.100. The van der Waals surface area contributed by atoms with Crippen LogP contribution in [0.2, 0.25) is 0 Å². The SMILES string of the molecule is CCOc1cc2occ(-c3ccccc3)c2cc1/C(C)=C/C(=O)Nc1cccc2ccccc12. The van der Waals surface area contributed by atoms with Crippen molar-refractivity contribution in [2.24, 2.45) is 0 Å². The minimum Gasteiger partial charge on any atom is -0.493 e. The van der Waals surface area contributed by atoms with Gasteiger partial charge in [-0.1, -0.05) is 66.7 Å². The van der Waals surface area contributed by atoms with Crippen molar-refractivity contribution in [3.05, 3.63) is 103 Å². The average molecular weight is 448 g/mol. The van der Waals surface area contributed by atoms with Crippen LogP contribution in [0, 0.1) is 0 Å². The highest BCUT2D eigenvalue weighted by Gasteiger charge is 2.15. The zero-order valence-corrected chi connectivity index (χ0v) is 19.2. The lowest BCUT2D eigenvalue weighted by molar-refractivity contribution is -0.111. The molecule has 1 aromatic heterocycles. The van der Waals surface area contributed by atoms with Crippen LogP contribution >= 0.6 is 0 Å². The molecule has 1 heterocycles. The summed E-state index contributed by atoms with van der Waals surface area (Å²) in [5, 5.41) is 6.10. The lowest BCUT2D eigenvalue weighted by Crippen LogP contribution is -2.09. The third-order valence-electron chi connectivity index (χ3n) is 5.88. The van der Waals surface area contributed by atoms with Crippen molar-refractivity contribution in [1.82, 2.24) is 0 Å². The largest absolute Gasteiger partial charge is 0.493 e. The zero-order chi connectivity index (χ0) is 23.5. The van der Waals surface area contributed by atoms with E-state index in [0.717, 1.165) is 49.7 Å². The van der Waals surface area contributed by atoms with E-state index in [1.165, 1.54) is 0 Å². The molecule has 5 rings (SSSR count). The Morgan fingerprint density at radius 2 is 1.71 bits per heavy atom. The maximum atomic E-state index is 13.0. The molecule has 4 aromatic carbocycles. The summed E-state index contributed by atoms with van der Waals surface area (Å²) in [7, 11) is 0. The summed E-state index contributed by atoms with van der Waals surface area (Å²) >= 11 is 0. The van der Waals surface area contributed by atoms with Crippen LogP contribution in [0.25, 0.3) is 38.4 Å². The number of hydrogen-bond acceptors (Lipinski definition) is 3. The van der Waals surface area contributed by atoms with Gasteiger partial charge in [-0.05, 0) is 42.5 Å². The Hall–Kier alpha value is -4.31. The number of furan rings is 1. The van der Waals surface area contributed by atoms with E-state index in [4.69, 9.17) is 9.15 Å². The van der Waals surface area contributed by atoms with Crippen LogP contribution in [0.1, 0.15) is 19.4 Å². The number of ether oxygens (including phenoxy) is 1. The molecule has 0 bridgehead atoms. The Morgan fingerprint density at radius 1 is 0.941 bits per heavy atom. The molecule has 0 saturated carbocycles. The van der Waals surface area contributed by atoms with Crippen LogP contribution in [0.3, 0.4) is 0 Å². The van der Waals surface area contributed by atoms with Gasteiger partial charge in [-0.25, -0.2) is 0 Å². The predicted octanol–water partition coefficient (Wildman–Crippen LogP) is 7.69. The van der Waals surface area contributed by atoms with Crippen LogP contribution in [-0.2, 0) is 4.79 Å². The summed E-state index contributed by atoms with van der Waals surface area (Å²) in [5.74, 6) is 0.502. The highest BCUT2D eigenvalue weighted by atomic mass is 16.5. The summed E-state index contributed by atoms with van der Waals surface area (Å²) in [4.78, 5) is 13.0. The third kappa shape index (κ3) is 4.18. The predicted molar refractivity (Wildman–Crippen MR) is 139 cm³/mol. The molecule has 4 nitrogen and oxygen atoms in total. The van der Waals surface area contributed by atoms with E-state index in [1.54, 1.807) is 12.3 Å². The van der Waals surface area contributed by atoms with E-state index >= 15 is 0 Å². The second kappa shape index (κ2) is 9.28. The van der Waals surface area contributed by atoms with Crippen molar-refractivity contribution in [1.29, 1.82) is 0 Å². The molecule has 34 heavy (non-hydrogen) atoms. The van der Waals surface area contributed by atoms with Crippen molar-refractivity contribution >= 4 is 38.9 Å². The molecule has 0 atom stereocenters. The fourth-order valence-electron chi connectivity index (χ4n) is 4.26. The van der Waals surface area contributed by atoms with E-state index in [2.05, 4.69) is 17.4 Å². The van der Waals surface area contributed by atoms with E-state index in [0.29, 0.717) is 12.4 Å². The van der Waals surface area contributed by atoms with Crippen molar-refractivity contribution in [2.75, 3.05) is 11.9 Å². The van der Waals surface area contributed by atoms with Gasteiger partial charge in [0.05, 0.1) is 12.9 Å². The highest BCUT2D eigenvalue weighted by Crippen LogP contribution is 2.37. The monoisotopic (exact) mass is 447 g/mol. The summed E-state index contributed by atoms with van der Waals surface area (Å²) in [6.07, 6.45) is 3.39. The first-order chi connectivity index (χ1) is 16.6. The van der Waals surface area contributed by atoms with Gasteiger partial charge >= 0.3 is 0 Å². The van der Waals surface area contributed by atoms with Crippen molar-refractivity contribution in [3.8, 4) is 16.9 Å². The molecule has 0 unspecified atom stereocenters. The zero-order valence-electron chi connectivity index (χ0n) is 19.2. The average Bonchev–Trinajstić information content (AvgIpc) is 3.27. The van der Waals surface area contributed by atoms with Gasteiger partial charge in [0.15, 0.2) is 0 Å². The Morgan fingerprint density at radius 3 is 2.53 bits per heavy atom. The second-order valence-electron chi connectivity index (χ2n) is 8.14. The van der Waals surface area contributed by atoms with Crippen molar-refractivity contribution in [3.63, 3.8) is 0 Å². The Kier molecular flexibility index (Phi) is 5.88. The molecule has 0 aliphatic heterocycles. The molecule has 5 aromatic rings. The van der Waals surface area contributed by atoms with Crippen LogP contribution < -0.4 is 10.1 Å². The van der Waals surface area contributed by atoms with Crippen molar-refractivity contribution < 1.29 is 13.9 Å². The lowest BCUT2D eigenvalue weighted by Gasteiger charge is -2.12. The molecule has 4 heteroatoms. The first-order valence-electron chi connectivity index (χ1n) is 11.3. The molecule has 0 aliphatic carbocycles. The smallest absolute Gasteiger partial charge is 0.248 e. The minimum absolute atomic E-state index is 0.188. The number of rotatable bonds is 6. The molecule has 1 amide bonds. The van der Waals surface area contributed by atoms with Gasteiger partial charge in [0.2, 0.25) is 5.91 Å². The molecule has 0 saturated heterocycles. The van der Waals surface area contributed by atoms with Crippen molar-refractivity contribution in [2.45, 2.75) is 13.8 Å². The number of carbonyl (C=O) groups is 1. The van der Waals surface area contributed by atoms with Gasteiger partial charge in [0, 0.05) is 39.7 Å². The summed E-state index contributed by atoms with van der Waals surface area (Å²) < 4.78 is 11.8. The van der Waals surface area contributed by atoms with E-state index in [-0.39, 0.29) is 5.91 Å². The third-order valence-corrected chi connectivity index (χ3v) is 5.88. The molecule has 0 fully saturated rings. The second-order valence-corrected chi connectivity index (χ2v) is 8.14. The van der Waals surface area contributed by atoms with Crippen LogP contribution in [0.5, 0.6) is 5.75 Å². The van der Waals surface area contributed by atoms with Gasteiger partial charge in [0.25, 0.3) is 0 Å². The number of hydrogen-bond donors (Lipinski definition) is 1. The molecule has 168 valence electrons. The Labute approximate surface area is 198 Å². The van der Waals surface area contributed by atoms with E-state index in [9.17, 15) is 4.79 Å². The molecular formula is C30H25NO3. The standard InChI is InChI=1S/C30H25NO3/c1-3-33-28-18-29-25(26(19-34-29)22-10-5-4-6-11-22)17-24(28)20(2)16-30(32)31-27-15-9-13-21-12-7-8-14-23(21)27/h4-19H,3H2,1-2H3,(H,31,32)/b20-16+. The molecular weight excluding hydrogens is 422 g/mol. The number of anilines is 1. The first-order valence-corrected chi connectivity index (χ1v) is 11.3. The summed E-state index contributed by atoms with van der Waals surface area (Å²) in [6, 6.07) is 28.0. The van der Waals surface area contributed by atoms with Crippen LogP contribution in [0.15, 0.2) is 102 Å². The lowest BCUT2D eigenvalue weighted by atomic mass is 9.99. The van der Waals surface area contributed by atoms with Gasteiger partial charge < -0.3 is 14.5 Å². The Bertz CT molecular complexity index is 1510. The first kappa shape index (κ1) is 21.5. The molecule has 0 aliphatic rings. The number of carbonyl (C=O) groups excluding carboxylic acids is 1. The molecule has 0 radical (unpaired) electrons. The highest BCUT2D eigenvalue weighted by molar-refractivity contribution is 6.09. The number of nitrogens with one attached hydrogen (secondary N) is 1. The van der Waals surface area contributed by atoms with E-state index < -0.39 is 0 Å². The number of allylic oxidation sites excluding steroid dienone is 1. The van der Waals surface area contributed by atoms with Gasteiger partial charge in [-0.3, -0.25) is 4.79 Å². The van der Waals surface area contributed by atoms with Gasteiger partial charge in [0.1, 0.15) is 11.3 Å². The van der Waals surface area contributed by atoms with Crippen LogP contribution in [0.4, 0.5) is 5.69 Å². The fourth-order valence-corrected chi connectivity index (χ4v) is 4.26. The van der Waals surface area contributed by atoms with Gasteiger partial charge in [-0.15, -0.1) is 0 Å². The van der Waals surface area contributed by atoms with E-state index in [1.807, 2.05) is 86.6 Å². The minimum atomic E-state index is -0.188. The maximum Gasteiger partial charge on any atom is 0.248 e. The quantitative estimate of drug-likeness (QED) is 0.271. The van der Waals surface area contributed by atoms with Gasteiger partial charge in [-0.2, -0.15) is 0 Å². The summed E-state index contributed by atoms with van der Waals surface area (Å²) in [5.41, 5.74) is 5.29. The van der Waals surface area contributed by atoms with Crippen LogP contribution in [-0.4, -0.2) is 12.5 Å². The maximum absolute atomic E-state index is 13.0. The number of fused-ring (bicyclic) bond motifs is 2. The Balaban J connectivity index is 1.52. The molecule has 0 spiro atoms. The summed E-state index contributed by atoms with van der Waals surface area (Å²) in [6.45, 7) is 4.38. The number of benzene rings is 4. The normalized spacial score (nSPS) is 11.6. The topological polar surface area (TPSA) is 51.5 Å². The molecule has 1 N–H and O–H groups in total.